The topological polar surface area (TPSA) is 78.4 Å². The number of anilines is 1. The van der Waals surface area contributed by atoms with Crippen molar-refractivity contribution < 1.29 is 9.90 Å². The average molecular weight is 342 g/mol. The highest BCUT2D eigenvalue weighted by molar-refractivity contribution is 6.00. The van der Waals surface area contributed by atoms with Gasteiger partial charge in [-0.25, -0.2) is 0 Å². The summed E-state index contributed by atoms with van der Waals surface area (Å²) in [4.78, 5) is 14.9. The maximum atomic E-state index is 13.1. The molecule has 0 saturated carbocycles. The molecule has 2 rings (SSSR count). The normalized spacial score (nSPS) is 11.0. The summed E-state index contributed by atoms with van der Waals surface area (Å²) in [6.07, 6.45) is 0. The number of amides is 1. The van der Waals surface area contributed by atoms with Gasteiger partial charge in [0.25, 0.3) is 5.91 Å². The highest BCUT2D eigenvalue weighted by atomic mass is 16.3. The van der Waals surface area contributed by atoms with Crippen LogP contribution in [-0.4, -0.2) is 51.3 Å². The van der Waals surface area contributed by atoms with Crippen LogP contribution >= 0.6 is 0 Å². The van der Waals surface area contributed by atoms with Crippen molar-refractivity contribution in [1.29, 1.82) is 0 Å². The van der Waals surface area contributed by atoms with Crippen molar-refractivity contribution in [1.82, 2.24) is 15.1 Å². The molecule has 0 unspecified atom stereocenters. The number of nitrogens with one attached hydrogen (secondary N) is 1. The lowest BCUT2D eigenvalue weighted by Crippen LogP contribution is -2.42. The van der Waals surface area contributed by atoms with Gasteiger partial charge in [-0.3, -0.25) is 4.79 Å². The van der Waals surface area contributed by atoms with Gasteiger partial charge in [-0.15, -0.1) is 10.2 Å². The summed E-state index contributed by atoms with van der Waals surface area (Å²) in [6, 6.07) is 11.3. The SMILES string of the molecule is CC(C)N(C(=O)c1ccccc1-c1ccc(NCCO)nn1)C(C)C. The zero-order valence-corrected chi connectivity index (χ0v) is 15.2. The van der Waals surface area contributed by atoms with E-state index in [1.807, 2.05) is 62.9 Å². The van der Waals surface area contributed by atoms with Crippen LogP contribution in [0, 0.1) is 0 Å². The fourth-order valence-corrected chi connectivity index (χ4v) is 2.85. The molecular formula is C19H26N4O2. The Labute approximate surface area is 148 Å². The van der Waals surface area contributed by atoms with E-state index in [0.717, 1.165) is 5.56 Å². The summed E-state index contributed by atoms with van der Waals surface area (Å²) in [6.45, 7) is 8.51. The van der Waals surface area contributed by atoms with Crippen molar-refractivity contribution in [3.63, 3.8) is 0 Å². The number of hydrogen-bond donors (Lipinski definition) is 2. The van der Waals surface area contributed by atoms with E-state index >= 15 is 0 Å². The molecule has 6 heteroatoms. The molecule has 134 valence electrons. The lowest BCUT2D eigenvalue weighted by atomic mass is 10.0. The van der Waals surface area contributed by atoms with E-state index in [1.54, 1.807) is 6.07 Å². The molecule has 0 aliphatic heterocycles. The summed E-state index contributed by atoms with van der Waals surface area (Å²) in [5.41, 5.74) is 2.03. The highest BCUT2D eigenvalue weighted by Crippen LogP contribution is 2.24. The van der Waals surface area contributed by atoms with Crippen LogP contribution in [0.3, 0.4) is 0 Å². The van der Waals surface area contributed by atoms with Gasteiger partial charge in [0.1, 0.15) is 5.82 Å². The van der Waals surface area contributed by atoms with Crippen molar-refractivity contribution in [2.24, 2.45) is 0 Å². The summed E-state index contributed by atoms with van der Waals surface area (Å²) in [5, 5.41) is 20.1. The van der Waals surface area contributed by atoms with E-state index in [1.165, 1.54) is 0 Å². The summed E-state index contributed by atoms with van der Waals surface area (Å²) in [7, 11) is 0. The molecule has 0 saturated heterocycles. The van der Waals surface area contributed by atoms with Gasteiger partial charge >= 0.3 is 0 Å². The number of carbonyl (C=O) groups excluding carboxylic acids is 1. The molecule has 6 nitrogen and oxygen atoms in total. The number of rotatable bonds is 7. The predicted octanol–water partition coefficient (Wildman–Crippen LogP) is 2.81. The molecule has 0 fully saturated rings. The largest absolute Gasteiger partial charge is 0.395 e. The molecule has 1 heterocycles. The fraction of sp³-hybridized carbons (Fsp3) is 0.421. The quantitative estimate of drug-likeness (QED) is 0.809. The molecule has 0 aliphatic carbocycles. The highest BCUT2D eigenvalue weighted by Gasteiger charge is 2.24. The van der Waals surface area contributed by atoms with Crippen LogP contribution in [0.2, 0.25) is 0 Å². The van der Waals surface area contributed by atoms with Gasteiger partial charge in [0.15, 0.2) is 0 Å². The molecule has 2 aromatic rings. The Kier molecular flexibility index (Phi) is 6.47. The van der Waals surface area contributed by atoms with Crippen molar-refractivity contribution in [3.05, 3.63) is 42.0 Å². The van der Waals surface area contributed by atoms with Gasteiger partial charge in [-0.05, 0) is 45.9 Å². The number of nitrogens with zero attached hydrogens (tertiary/aromatic N) is 3. The number of aliphatic hydroxyl groups excluding tert-OH is 1. The van der Waals surface area contributed by atoms with Crippen LogP contribution in [0.25, 0.3) is 11.3 Å². The molecule has 1 aromatic heterocycles. The molecule has 2 N–H and O–H groups in total. The number of carbonyl (C=O) groups is 1. The zero-order chi connectivity index (χ0) is 18.4. The zero-order valence-electron chi connectivity index (χ0n) is 15.2. The minimum atomic E-state index is -0.00937. The lowest BCUT2D eigenvalue weighted by molar-refractivity contribution is 0.0644. The van der Waals surface area contributed by atoms with Crippen molar-refractivity contribution in [2.75, 3.05) is 18.5 Å². The standard InChI is InChI=1S/C19H26N4O2/c1-13(2)23(14(3)4)19(25)16-8-6-5-7-15(16)17-9-10-18(22-21-17)20-11-12-24/h5-10,13-14,24H,11-12H2,1-4H3,(H,20,22). The van der Waals surface area contributed by atoms with Crippen molar-refractivity contribution in [2.45, 2.75) is 39.8 Å². The molecule has 0 radical (unpaired) electrons. The number of hydrogen-bond acceptors (Lipinski definition) is 5. The number of benzene rings is 1. The molecule has 0 bridgehead atoms. The molecular weight excluding hydrogens is 316 g/mol. The van der Waals surface area contributed by atoms with E-state index in [2.05, 4.69) is 15.5 Å². The van der Waals surface area contributed by atoms with Gasteiger partial charge in [0.05, 0.1) is 12.3 Å². The average Bonchev–Trinajstić information content (AvgIpc) is 2.59. The monoisotopic (exact) mass is 342 g/mol. The minimum Gasteiger partial charge on any atom is -0.395 e. The molecule has 0 atom stereocenters. The predicted molar refractivity (Wildman–Crippen MR) is 99.5 cm³/mol. The van der Waals surface area contributed by atoms with E-state index in [0.29, 0.717) is 23.6 Å². The van der Waals surface area contributed by atoms with Gasteiger partial charge < -0.3 is 15.3 Å². The van der Waals surface area contributed by atoms with E-state index < -0.39 is 0 Å². The van der Waals surface area contributed by atoms with Gasteiger partial charge in [-0.1, -0.05) is 18.2 Å². The number of aliphatic hydroxyl groups is 1. The first-order valence-corrected chi connectivity index (χ1v) is 8.56. The second-order valence-corrected chi connectivity index (χ2v) is 6.40. The second kappa shape index (κ2) is 8.58. The van der Waals surface area contributed by atoms with Crippen LogP contribution < -0.4 is 5.32 Å². The second-order valence-electron chi connectivity index (χ2n) is 6.40. The van der Waals surface area contributed by atoms with Crippen LogP contribution in [0.1, 0.15) is 38.1 Å². The van der Waals surface area contributed by atoms with Crippen LogP contribution in [0.5, 0.6) is 0 Å². The first-order chi connectivity index (χ1) is 12.0. The van der Waals surface area contributed by atoms with Gasteiger partial charge in [-0.2, -0.15) is 0 Å². The Morgan fingerprint density at radius 3 is 2.32 bits per heavy atom. The molecule has 25 heavy (non-hydrogen) atoms. The lowest BCUT2D eigenvalue weighted by Gasteiger charge is -2.31. The Balaban J connectivity index is 2.36. The minimum absolute atomic E-state index is 0.00937. The van der Waals surface area contributed by atoms with E-state index in [-0.39, 0.29) is 24.6 Å². The molecule has 0 aliphatic rings. The van der Waals surface area contributed by atoms with Crippen molar-refractivity contribution >= 4 is 11.7 Å². The van der Waals surface area contributed by atoms with Crippen LogP contribution in [0.15, 0.2) is 36.4 Å². The van der Waals surface area contributed by atoms with E-state index in [9.17, 15) is 4.79 Å². The van der Waals surface area contributed by atoms with Crippen LogP contribution in [-0.2, 0) is 0 Å². The molecule has 1 amide bonds. The first-order valence-electron chi connectivity index (χ1n) is 8.56. The smallest absolute Gasteiger partial charge is 0.255 e. The Morgan fingerprint density at radius 1 is 1.08 bits per heavy atom. The summed E-state index contributed by atoms with van der Waals surface area (Å²) >= 11 is 0. The first kappa shape index (κ1) is 18.9. The Bertz CT molecular complexity index is 691. The maximum absolute atomic E-state index is 13.1. The fourth-order valence-electron chi connectivity index (χ4n) is 2.85. The third kappa shape index (κ3) is 4.54. The Hall–Kier alpha value is -2.47. The Morgan fingerprint density at radius 2 is 1.76 bits per heavy atom. The maximum Gasteiger partial charge on any atom is 0.255 e. The summed E-state index contributed by atoms with van der Waals surface area (Å²) < 4.78 is 0. The summed E-state index contributed by atoms with van der Waals surface area (Å²) in [5.74, 6) is 0.581. The molecule has 1 aromatic carbocycles. The van der Waals surface area contributed by atoms with Crippen LogP contribution in [0.4, 0.5) is 5.82 Å². The third-order valence-corrected chi connectivity index (χ3v) is 3.86. The van der Waals surface area contributed by atoms with Gasteiger partial charge in [0, 0.05) is 29.8 Å². The third-order valence-electron chi connectivity index (χ3n) is 3.86. The molecule has 0 spiro atoms. The van der Waals surface area contributed by atoms with E-state index in [4.69, 9.17) is 5.11 Å². The number of aromatic nitrogens is 2. The van der Waals surface area contributed by atoms with Crippen molar-refractivity contribution in [3.8, 4) is 11.3 Å². The van der Waals surface area contributed by atoms with Gasteiger partial charge in [0.2, 0.25) is 0 Å².